The molecule has 0 fully saturated rings. The second-order valence-electron chi connectivity index (χ2n) is 3.87. The highest BCUT2D eigenvalue weighted by Gasteiger charge is 2.19. The summed E-state index contributed by atoms with van der Waals surface area (Å²) >= 11 is 8.47. The third kappa shape index (κ3) is 8.69. The molecule has 0 amide bonds. The van der Waals surface area contributed by atoms with Gasteiger partial charge in [0.25, 0.3) is 0 Å². The van der Waals surface area contributed by atoms with E-state index in [2.05, 4.69) is 34.8 Å². The number of alkyl halides is 3. The number of hydrogen-bond donors (Lipinski definition) is 1. The van der Waals surface area contributed by atoms with Gasteiger partial charge in [-0.15, -0.1) is 11.6 Å². The molecule has 0 aliphatic heterocycles. The van der Waals surface area contributed by atoms with Gasteiger partial charge >= 0.3 is 0 Å². The maximum absolute atomic E-state index is 13.0. The van der Waals surface area contributed by atoms with Gasteiger partial charge in [0.1, 0.15) is 0 Å². The van der Waals surface area contributed by atoms with Crippen LogP contribution in [0.3, 0.4) is 0 Å². The monoisotopic (exact) mass is 349 g/mol. The van der Waals surface area contributed by atoms with Crippen molar-refractivity contribution in [3.8, 4) is 0 Å². The highest BCUT2D eigenvalue weighted by Crippen LogP contribution is 2.23. The summed E-state index contributed by atoms with van der Waals surface area (Å²) < 4.78 is 13.4. The SMILES string of the molecule is CCCCCC[C@H](I)[C@@H](Cl)CC(F)NC. The van der Waals surface area contributed by atoms with E-state index in [9.17, 15) is 4.39 Å². The second kappa shape index (κ2) is 10.1. The Balaban J connectivity index is 3.55. The van der Waals surface area contributed by atoms with E-state index in [-0.39, 0.29) is 5.38 Å². The number of nitrogens with one attached hydrogen (secondary N) is 1. The van der Waals surface area contributed by atoms with Crippen molar-refractivity contribution in [1.82, 2.24) is 5.32 Å². The van der Waals surface area contributed by atoms with Crippen LogP contribution in [-0.4, -0.2) is 22.6 Å². The fourth-order valence-corrected chi connectivity index (χ4v) is 2.43. The molecule has 0 radical (unpaired) electrons. The highest BCUT2D eigenvalue weighted by molar-refractivity contribution is 14.1. The molecule has 0 aliphatic carbocycles. The minimum atomic E-state index is -0.972. The van der Waals surface area contributed by atoms with Crippen LogP contribution in [-0.2, 0) is 0 Å². The van der Waals surface area contributed by atoms with Gasteiger partial charge in [-0.2, -0.15) is 0 Å². The van der Waals surface area contributed by atoms with E-state index in [0.29, 0.717) is 10.3 Å². The van der Waals surface area contributed by atoms with Crippen molar-refractivity contribution in [2.24, 2.45) is 0 Å². The van der Waals surface area contributed by atoms with Crippen LogP contribution in [0.15, 0.2) is 0 Å². The molecule has 15 heavy (non-hydrogen) atoms. The number of hydrogen-bond acceptors (Lipinski definition) is 1. The molecule has 3 atom stereocenters. The van der Waals surface area contributed by atoms with Crippen molar-refractivity contribution >= 4 is 34.2 Å². The van der Waals surface area contributed by atoms with E-state index < -0.39 is 6.30 Å². The maximum atomic E-state index is 13.0. The fourth-order valence-electron chi connectivity index (χ4n) is 1.41. The van der Waals surface area contributed by atoms with Crippen molar-refractivity contribution in [3.05, 3.63) is 0 Å². The molecular formula is C11H22ClFIN. The number of rotatable bonds is 9. The minimum Gasteiger partial charge on any atom is -0.291 e. The van der Waals surface area contributed by atoms with Gasteiger partial charge in [0.15, 0.2) is 6.30 Å². The van der Waals surface area contributed by atoms with Crippen LogP contribution in [0, 0.1) is 0 Å². The predicted molar refractivity (Wildman–Crippen MR) is 74.8 cm³/mol. The Kier molecular flexibility index (Phi) is 10.7. The molecule has 4 heteroatoms. The first-order valence-electron chi connectivity index (χ1n) is 5.71. The van der Waals surface area contributed by atoms with Gasteiger partial charge in [0.05, 0.1) is 0 Å². The third-order valence-electron chi connectivity index (χ3n) is 2.47. The van der Waals surface area contributed by atoms with Crippen molar-refractivity contribution in [2.45, 2.75) is 61.0 Å². The Morgan fingerprint density at radius 2 is 2.00 bits per heavy atom. The molecule has 0 spiro atoms. The van der Waals surface area contributed by atoms with Crippen LogP contribution in [0.25, 0.3) is 0 Å². The summed E-state index contributed by atoms with van der Waals surface area (Å²) in [6.07, 6.45) is 5.55. The van der Waals surface area contributed by atoms with Crippen molar-refractivity contribution < 1.29 is 4.39 Å². The van der Waals surface area contributed by atoms with Gasteiger partial charge in [0, 0.05) is 15.7 Å². The molecule has 0 aromatic carbocycles. The summed E-state index contributed by atoms with van der Waals surface area (Å²) in [5.41, 5.74) is 0. The maximum Gasteiger partial charge on any atom is 0.152 e. The van der Waals surface area contributed by atoms with Crippen LogP contribution in [0.2, 0.25) is 0 Å². The molecule has 0 aromatic rings. The number of halogens is 3. The normalized spacial score (nSPS) is 17.4. The van der Waals surface area contributed by atoms with E-state index in [4.69, 9.17) is 11.6 Å². The molecule has 1 unspecified atom stereocenters. The van der Waals surface area contributed by atoms with Gasteiger partial charge in [-0.05, 0) is 13.5 Å². The molecular weight excluding hydrogens is 327 g/mol. The van der Waals surface area contributed by atoms with Crippen LogP contribution in [0.1, 0.15) is 45.4 Å². The third-order valence-corrected chi connectivity index (χ3v) is 4.87. The second-order valence-corrected chi connectivity index (χ2v) is 6.03. The fraction of sp³-hybridized carbons (Fsp3) is 1.00. The predicted octanol–water partition coefficient (Wildman–Crippen LogP) is 4.27. The molecule has 0 aromatic heterocycles. The summed E-state index contributed by atoms with van der Waals surface area (Å²) in [6.45, 7) is 2.20. The molecule has 0 rings (SSSR count). The first-order chi connectivity index (χ1) is 7.11. The largest absolute Gasteiger partial charge is 0.291 e. The van der Waals surface area contributed by atoms with Gasteiger partial charge in [0.2, 0.25) is 0 Å². The van der Waals surface area contributed by atoms with Crippen molar-refractivity contribution in [3.63, 3.8) is 0 Å². The van der Waals surface area contributed by atoms with E-state index in [1.54, 1.807) is 7.05 Å². The van der Waals surface area contributed by atoms with Crippen LogP contribution >= 0.6 is 34.2 Å². The van der Waals surface area contributed by atoms with Crippen LogP contribution in [0.4, 0.5) is 4.39 Å². The van der Waals surface area contributed by atoms with E-state index in [1.165, 1.54) is 25.7 Å². The lowest BCUT2D eigenvalue weighted by Crippen LogP contribution is -2.27. The Labute approximate surface area is 112 Å². The summed E-state index contributed by atoms with van der Waals surface area (Å²) in [5.74, 6) is 0. The van der Waals surface area contributed by atoms with Gasteiger partial charge in [-0.1, -0.05) is 55.2 Å². The average molecular weight is 350 g/mol. The molecule has 1 nitrogen and oxygen atoms in total. The lowest BCUT2D eigenvalue weighted by molar-refractivity contribution is 0.270. The zero-order valence-corrected chi connectivity index (χ0v) is 12.5. The Bertz CT molecular complexity index is 149. The molecule has 0 bridgehead atoms. The summed E-state index contributed by atoms with van der Waals surface area (Å²) in [5, 5.41) is 2.51. The molecule has 0 saturated heterocycles. The summed E-state index contributed by atoms with van der Waals surface area (Å²) in [7, 11) is 1.62. The van der Waals surface area contributed by atoms with Crippen molar-refractivity contribution in [1.29, 1.82) is 0 Å². The molecule has 92 valence electrons. The van der Waals surface area contributed by atoms with Gasteiger partial charge in [-0.25, -0.2) is 4.39 Å². The summed E-state index contributed by atoms with van der Waals surface area (Å²) in [4.78, 5) is 0. The zero-order chi connectivity index (χ0) is 11.7. The molecule has 1 N–H and O–H groups in total. The van der Waals surface area contributed by atoms with E-state index in [0.717, 1.165) is 6.42 Å². The van der Waals surface area contributed by atoms with Crippen LogP contribution in [0.5, 0.6) is 0 Å². The molecule has 0 saturated carbocycles. The molecule has 0 heterocycles. The lowest BCUT2D eigenvalue weighted by Gasteiger charge is -2.18. The van der Waals surface area contributed by atoms with Crippen molar-refractivity contribution in [2.75, 3.05) is 7.05 Å². The van der Waals surface area contributed by atoms with Crippen LogP contribution < -0.4 is 5.32 Å². The first-order valence-corrected chi connectivity index (χ1v) is 7.39. The Morgan fingerprint density at radius 1 is 1.33 bits per heavy atom. The quantitative estimate of drug-likeness (QED) is 0.284. The van der Waals surface area contributed by atoms with E-state index in [1.807, 2.05) is 0 Å². The first kappa shape index (κ1) is 15.9. The Morgan fingerprint density at radius 3 is 2.53 bits per heavy atom. The minimum absolute atomic E-state index is 0.0605. The topological polar surface area (TPSA) is 12.0 Å². The summed E-state index contributed by atoms with van der Waals surface area (Å²) in [6, 6.07) is 0. The Hall–Kier alpha value is 0.910. The number of unbranched alkanes of at least 4 members (excludes halogenated alkanes) is 3. The zero-order valence-electron chi connectivity index (χ0n) is 9.61. The lowest BCUT2D eigenvalue weighted by atomic mass is 10.1. The van der Waals surface area contributed by atoms with E-state index >= 15 is 0 Å². The standard InChI is InChI=1S/C11H22ClFIN/c1-3-4-5-6-7-10(14)9(12)8-11(13)15-2/h9-11,15H,3-8H2,1-2H3/t9-,10-,11?/m0/s1. The molecule has 0 aliphatic rings. The van der Waals surface area contributed by atoms with Gasteiger partial charge in [-0.3, -0.25) is 5.32 Å². The smallest absolute Gasteiger partial charge is 0.152 e. The van der Waals surface area contributed by atoms with Gasteiger partial charge < -0.3 is 0 Å². The highest BCUT2D eigenvalue weighted by atomic mass is 127. The average Bonchev–Trinajstić information content (AvgIpc) is 2.23.